The van der Waals surface area contributed by atoms with Crippen molar-refractivity contribution in [3.8, 4) is 16.9 Å². The molecule has 1 unspecified atom stereocenters. The van der Waals surface area contributed by atoms with Gasteiger partial charge in [-0.15, -0.1) is 0 Å². The van der Waals surface area contributed by atoms with Crippen LogP contribution >= 0.6 is 0 Å². The molecule has 0 bridgehead atoms. The minimum atomic E-state index is -0.805. The fourth-order valence-corrected chi connectivity index (χ4v) is 3.59. The molecule has 0 radical (unpaired) electrons. The maximum absolute atomic E-state index is 11.7. The molecule has 0 amide bonds. The summed E-state index contributed by atoms with van der Waals surface area (Å²) in [7, 11) is 0. The van der Waals surface area contributed by atoms with Gasteiger partial charge in [-0.25, -0.2) is 0 Å². The zero-order valence-electron chi connectivity index (χ0n) is 16.2. The molecule has 0 aliphatic heterocycles. The summed E-state index contributed by atoms with van der Waals surface area (Å²) in [6.07, 6.45) is 1.04. The van der Waals surface area contributed by atoms with E-state index in [0.717, 1.165) is 17.8 Å². The summed E-state index contributed by atoms with van der Waals surface area (Å²) in [5, 5.41) is 9.67. The van der Waals surface area contributed by atoms with E-state index in [1.54, 1.807) is 12.1 Å². The van der Waals surface area contributed by atoms with Gasteiger partial charge in [0.2, 0.25) is 5.43 Å². The number of anilines is 2. The van der Waals surface area contributed by atoms with E-state index in [4.69, 9.17) is 0 Å². The van der Waals surface area contributed by atoms with Crippen LogP contribution < -0.4 is 15.8 Å². The molecule has 0 heterocycles. The lowest BCUT2D eigenvalue weighted by molar-refractivity contribution is 0.465. The van der Waals surface area contributed by atoms with Crippen molar-refractivity contribution < 1.29 is 5.11 Å². The SMILES string of the molecule is Cc1ccc(N(c2ccc(-c3c(O)c(=O)c3=O)cc2)C(C)CC(C)C)cc1. The molecule has 0 aromatic heterocycles. The number of aromatic hydroxyl groups is 1. The second-order valence-corrected chi connectivity index (χ2v) is 7.61. The summed E-state index contributed by atoms with van der Waals surface area (Å²) in [6.45, 7) is 8.69. The normalized spacial score (nSPS) is 12.5. The maximum Gasteiger partial charge on any atom is 0.268 e. The number of nitrogens with zero attached hydrogens (tertiary/aromatic N) is 1. The Kier molecular flexibility index (Phi) is 5.17. The molecule has 4 nitrogen and oxygen atoms in total. The van der Waals surface area contributed by atoms with Gasteiger partial charge in [-0.2, -0.15) is 0 Å². The van der Waals surface area contributed by atoms with Crippen molar-refractivity contribution in [3.05, 3.63) is 74.5 Å². The van der Waals surface area contributed by atoms with Gasteiger partial charge in [0.15, 0.2) is 5.75 Å². The highest BCUT2D eigenvalue weighted by Crippen LogP contribution is 2.33. The summed E-state index contributed by atoms with van der Waals surface area (Å²) in [4.78, 5) is 25.2. The van der Waals surface area contributed by atoms with Gasteiger partial charge in [-0.1, -0.05) is 43.7 Å². The first-order valence-corrected chi connectivity index (χ1v) is 9.28. The van der Waals surface area contributed by atoms with E-state index in [9.17, 15) is 14.7 Å². The van der Waals surface area contributed by atoms with Crippen molar-refractivity contribution >= 4 is 11.4 Å². The molecule has 0 aliphatic rings. The Bertz CT molecular complexity index is 994. The number of hydrogen-bond acceptors (Lipinski definition) is 4. The van der Waals surface area contributed by atoms with Gasteiger partial charge >= 0.3 is 0 Å². The van der Waals surface area contributed by atoms with Crippen LogP contribution in [0.3, 0.4) is 0 Å². The topological polar surface area (TPSA) is 57.6 Å². The van der Waals surface area contributed by atoms with Crippen LogP contribution in [0, 0.1) is 12.8 Å². The summed E-state index contributed by atoms with van der Waals surface area (Å²) < 4.78 is 0. The fraction of sp³-hybridized carbons (Fsp3) is 0.304. The highest BCUT2D eigenvalue weighted by molar-refractivity contribution is 5.76. The number of benzene rings is 2. The van der Waals surface area contributed by atoms with Crippen LogP contribution in [0.15, 0.2) is 58.1 Å². The fourth-order valence-electron chi connectivity index (χ4n) is 3.59. The van der Waals surface area contributed by atoms with Crippen LogP contribution in [0.4, 0.5) is 11.4 Å². The van der Waals surface area contributed by atoms with Crippen molar-refractivity contribution in [3.63, 3.8) is 0 Å². The lowest BCUT2D eigenvalue weighted by Crippen LogP contribution is -2.32. The van der Waals surface area contributed by atoms with Gasteiger partial charge < -0.3 is 10.0 Å². The molecule has 4 heteroatoms. The van der Waals surface area contributed by atoms with Gasteiger partial charge in [-0.05, 0) is 56.0 Å². The second kappa shape index (κ2) is 7.39. The highest BCUT2D eigenvalue weighted by atomic mass is 16.3. The Morgan fingerprint density at radius 3 is 1.85 bits per heavy atom. The Hall–Kier alpha value is -2.88. The number of rotatable bonds is 6. The monoisotopic (exact) mass is 363 g/mol. The van der Waals surface area contributed by atoms with Gasteiger partial charge in [-0.3, -0.25) is 9.59 Å². The molecule has 0 saturated heterocycles. The van der Waals surface area contributed by atoms with Crippen LogP contribution in [-0.2, 0) is 0 Å². The minimum Gasteiger partial charge on any atom is -0.503 e. The van der Waals surface area contributed by atoms with E-state index < -0.39 is 16.6 Å². The van der Waals surface area contributed by atoms with Crippen molar-refractivity contribution in [1.82, 2.24) is 0 Å². The second-order valence-electron chi connectivity index (χ2n) is 7.61. The van der Waals surface area contributed by atoms with Crippen molar-refractivity contribution in [2.75, 3.05) is 4.90 Å². The quantitative estimate of drug-likeness (QED) is 0.654. The van der Waals surface area contributed by atoms with E-state index in [1.165, 1.54) is 5.56 Å². The average Bonchev–Trinajstić information content (AvgIpc) is 2.64. The molecule has 140 valence electrons. The van der Waals surface area contributed by atoms with Crippen LogP contribution in [0.1, 0.15) is 32.8 Å². The lowest BCUT2D eigenvalue weighted by atomic mass is 9.98. The predicted molar refractivity (Wildman–Crippen MR) is 111 cm³/mol. The highest BCUT2D eigenvalue weighted by Gasteiger charge is 2.22. The third-order valence-electron chi connectivity index (χ3n) is 4.88. The first kappa shape index (κ1) is 18.9. The van der Waals surface area contributed by atoms with E-state index in [0.29, 0.717) is 11.5 Å². The standard InChI is InChI=1S/C23H25NO3/c1-14(2)13-16(4)24(18-9-5-15(3)6-10-18)19-11-7-17(8-12-19)20-21(25)23(27)22(20)26/h5-12,14,16,25H,13H2,1-4H3. The molecular weight excluding hydrogens is 338 g/mol. The first-order valence-electron chi connectivity index (χ1n) is 9.28. The van der Waals surface area contributed by atoms with E-state index in [1.807, 2.05) is 12.1 Å². The smallest absolute Gasteiger partial charge is 0.268 e. The summed E-state index contributed by atoms with van der Waals surface area (Å²) in [5.41, 5.74) is 2.59. The molecule has 1 N–H and O–H groups in total. The first-order chi connectivity index (χ1) is 12.8. The molecule has 0 saturated carbocycles. The largest absolute Gasteiger partial charge is 0.503 e. The van der Waals surface area contributed by atoms with Crippen LogP contribution in [0.25, 0.3) is 11.1 Å². The maximum atomic E-state index is 11.7. The summed E-state index contributed by atoms with van der Waals surface area (Å²) >= 11 is 0. The molecular formula is C23H25NO3. The van der Waals surface area contributed by atoms with Crippen molar-refractivity contribution in [2.24, 2.45) is 5.92 Å². The van der Waals surface area contributed by atoms with Crippen molar-refractivity contribution in [1.29, 1.82) is 0 Å². The Morgan fingerprint density at radius 1 is 0.852 bits per heavy atom. The van der Waals surface area contributed by atoms with Gasteiger partial charge in [0.05, 0.1) is 5.56 Å². The molecule has 3 aromatic carbocycles. The third-order valence-corrected chi connectivity index (χ3v) is 4.88. The molecule has 27 heavy (non-hydrogen) atoms. The minimum absolute atomic E-state index is 0.115. The molecule has 1 atom stereocenters. The van der Waals surface area contributed by atoms with Crippen LogP contribution in [0.5, 0.6) is 5.75 Å². The van der Waals surface area contributed by atoms with Gasteiger partial charge in [0.25, 0.3) is 5.43 Å². The Morgan fingerprint density at radius 2 is 1.37 bits per heavy atom. The molecule has 3 aromatic rings. The van der Waals surface area contributed by atoms with Crippen LogP contribution in [-0.4, -0.2) is 11.1 Å². The summed E-state index contributed by atoms with van der Waals surface area (Å²) in [6, 6.07) is 16.2. The number of hydrogen-bond donors (Lipinski definition) is 1. The number of aryl methyl sites for hydroxylation is 1. The van der Waals surface area contributed by atoms with E-state index in [-0.39, 0.29) is 11.6 Å². The van der Waals surface area contributed by atoms with Crippen LogP contribution in [0.2, 0.25) is 0 Å². The van der Waals surface area contributed by atoms with Gasteiger partial charge in [0.1, 0.15) is 0 Å². The average molecular weight is 363 g/mol. The van der Waals surface area contributed by atoms with E-state index in [2.05, 4.69) is 56.9 Å². The predicted octanol–water partition coefficient (Wildman–Crippen LogP) is 4.54. The zero-order valence-corrected chi connectivity index (χ0v) is 16.2. The third kappa shape index (κ3) is 3.65. The lowest BCUT2D eigenvalue weighted by Gasteiger charge is -2.33. The van der Waals surface area contributed by atoms with E-state index >= 15 is 0 Å². The van der Waals surface area contributed by atoms with Gasteiger partial charge in [0, 0.05) is 17.4 Å². The Labute approximate surface area is 159 Å². The molecule has 3 rings (SSSR count). The molecule has 0 aliphatic carbocycles. The summed E-state index contributed by atoms with van der Waals surface area (Å²) in [5.74, 6) is 0.129. The van der Waals surface area contributed by atoms with Crippen molar-refractivity contribution in [2.45, 2.75) is 40.2 Å². The zero-order chi connectivity index (χ0) is 19.7. The molecule has 0 fully saturated rings. The Balaban J connectivity index is 1.98. The molecule has 0 spiro atoms.